The largest absolute Gasteiger partial charge is 0.372 e. The van der Waals surface area contributed by atoms with Crippen LogP contribution in [-0.4, -0.2) is 28.8 Å². The molecule has 128 valence electrons. The molecule has 0 bridgehead atoms. The minimum atomic E-state index is -0.483. The van der Waals surface area contributed by atoms with Gasteiger partial charge in [-0.15, -0.1) is 0 Å². The summed E-state index contributed by atoms with van der Waals surface area (Å²) in [7, 11) is 0. The third-order valence-corrected chi connectivity index (χ3v) is 4.56. The van der Waals surface area contributed by atoms with Crippen LogP contribution in [0, 0.1) is 5.92 Å². The van der Waals surface area contributed by atoms with Gasteiger partial charge >= 0.3 is 0 Å². The maximum absolute atomic E-state index is 11.8. The minimum absolute atomic E-state index is 0.00394. The predicted molar refractivity (Wildman–Crippen MR) is 91.1 cm³/mol. The predicted octanol–water partition coefficient (Wildman–Crippen LogP) is 1.80. The first kappa shape index (κ1) is 16.7. The highest BCUT2D eigenvalue weighted by Gasteiger charge is 2.32. The van der Waals surface area contributed by atoms with Gasteiger partial charge in [0.2, 0.25) is 5.91 Å². The highest BCUT2D eigenvalue weighted by molar-refractivity contribution is 5.81. The summed E-state index contributed by atoms with van der Waals surface area (Å²) in [6, 6.07) is 11.1. The highest BCUT2D eigenvalue weighted by atomic mass is 16.5. The van der Waals surface area contributed by atoms with Gasteiger partial charge in [0.25, 0.3) is 0 Å². The van der Waals surface area contributed by atoms with Gasteiger partial charge in [0.15, 0.2) is 0 Å². The number of carbonyl (C=O) groups excluding carboxylic acids is 1. The summed E-state index contributed by atoms with van der Waals surface area (Å²) in [5.74, 6) is -0.0761. The van der Waals surface area contributed by atoms with E-state index in [-0.39, 0.29) is 17.9 Å². The summed E-state index contributed by atoms with van der Waals surface area (Å²) in [4.78, 5) is 11.8. The van der Waals surface area contributed by atoms with E-state index in [2.05, 4.69) is 17.3 Å². The van der Waals surface area contributed by atoms with Crippen LogP contribution in [0.4, 0.5) is 0 Å². The Kier molecular flexibility index (Phi) is 5.27. The van der Waals surface area contributed by atoms with E-state index in [1.807, 2.05) is 41.1 Å². The summed E-state index contributed by atoms with van der Waals surface area (Å²) in [5.41, 5.74) is 7.56. The molecule has 0 saturated carbocycles. The molecule has 1 aliphatic rings. The summed E-state index contributed by atoms with van der Waals surface area (Å²) >= 11 is 0. The van der Waals surface area contributed by atoms with Crippen LogP contribution in [0.5, 0.6) is 0 Å². The van der Waals surface area contributed by atoms with Crippen molar-refractivity contribution in [2.75, 3.05) is 13.2 Å². The highest BCUT2D eigenvalue weighted by Crippen LogP contribution is 2.34. The number of aromatic nitrogens is 2. The van der Waals surface area contributed by atoms with Crippen molar-refractivity contribution in [3.05, 3.63) is 53.9 Å². The van der Waals surface area contributed by atoms with Crippen LogP contribution in [0.1, 0.15) is 36.7 Å². The van der Waals surface area contributed by atoms with Gasteiger partial charge in [0.05, 0.1) is 5.69 Å². The topological polar surface area (TPSA) is 82.2 Å². The molecule has 0 unspecified atom stereocenters. The quantitative estimate of drug-likeness (QED) is 0.812. The number of nitrogens with zero attached hydrogens (tertiary/aromatic N) is 2. The lowest BCUT2D eigenvalue weighted by Gasteiger charge is -2.23. The number of amides is 1. The number of aryl methyl sites for hydroxylation is 1. The van der Waals surface area contributed by atoms with Crippen molar-refractivity contribution in [3.8, 4) is 0 Å². The van der Waals surface area contributed by atoms with E-state index in [9.17, 15) is 4.79 Å². The summed E-state index contributed by atoms with van der Waals surface area (Å²) in [6.45, 7) is 4.27. The summed E-state index contributed by atoms with van der Waals surface area (Å²) in [5, 5.41) is 7.65. The molecule has 3 rings (SSSR count). The Balaban J connectivity index is 1.69. The van der Waals surface area contributed by atoms with Crippen LogP contribution in [0.2, 0.25) is 0 Å². The zero-order valence-corrected chi connectivity index (χ0v) is 13.9. The monoisotopic (exact) mass is 328 g/mol. The molecule has 2 heterocycles. The SMILES string of the molecule is CCn1nccc1[C@@H]1OCC[C@H]1CN[C@H](C(N)=O)c1ccccc1. The van der Waals surface area contributed by atoms with Crippen LogP contribution in [0.15, 0.2) is 42.6 Å². The van der Waals surface area contributed by atoms with Crippen molar-refractivity contribution in [2.24, 2.45) is 11.7 Å². The maximum atomic E-state index is 11.8. The molecule has 0 radical (unpaired) electrons. The number of nitrogens with two attached hydrogens (primary N) is 1. The number of ether oxygens (including phenoxy) is 1. The molecule has 24 heavy (non-hydrogen) atoms. The van der Waals surface area contributed by atoms with Crippen LogP contribution < -0.4 is 11.1 Å². The smallest absolute Gasteiger partial charge is 0.239 e. The summed E-state index contributed by atoms with van der Waals surface area (Å²) < 4.78 is 7.90. The second-order valence-electron chi connectivity index (χ2n) is 6.07. The van der Waals surface area contributed by atoms with Gasteiger partial charge in [-0.3, -0.25) is 9.48 Å². The van der Waals surface area contributed by atoms with Crippen molar-refractivity contribution < 1.29 is 9.53 Å². The average molecular weight is 328 g/mol. The molecule has 3 atom stereocenters. The Morgan fingerprint density at radius 1 is 1.42 bits per heavy atom. The molecule has 3 N–H and O–H groups in total. The molecule has 0 aliphatic carbocycles. The second-order valence-corrected chi connectivity index (χ2v) is 6.07. The van der Waals surface area contributed by atoms with Gasteiger partial charge in [-0.1, -0.05) is 30.3 Å². The molecule has 1 aromatic heterocycles. The van der Waals surface area contributed by atoms with Gasteiger partial charge in [0, 0.05) is 31.8 Å². The number of benzene rings is 1. The van der Waals surface area contributed by atoms with Crippen LogP contribution in [0.25, 0.3) is 0 Å². The van der Waals surface area contributed by atoms with E-state index >= 15 is 0 Å². The Hall–Kier alpha value is -2.18. The molecule has 1 amide bonds. The molecule has 1 fully saturated rings. The lowest BCUT2D eigenvalue weighted by Crippen LogP contribution is -2.37. The molecule has 1 saturated heterocycles. The zero-order chi connectivity index (χ0) is 16.9. The number of primary amides is 1. The molecule has 1 aliphatic heterocycles. The molecule has 2 aromatic rings. The number of rotatable bonds is 7. The van der Waals surface area contributed by atoms with Gasteiger partial charge < -0.3 is 15.8 Å². The fourth-order valence-electron chi connectivity index (χ4n) is 3.32. The third kappa shape index (κ3) is 3.49. The van der Waals surface area contributed by atoms with Crippen LogP contribution >= 0.6 is 0 Å². The Morgan fingerprint density at radius 3 is 2.92 bits per heavy atom. The van der Waals surface area contributed by atoms with Gasteiger partial charge in [0.1, 0.15) is 12.1 Å². The molecular formula is C18H24N4O2. The van der Waals surface area contributed by atoms with E-state index in [0.717, 1.165) is 30.8 Å². The lowest BCUT2D eigenvalue weighted by atomic mass is 9.97. The zero-order valence-electron chi connectivity index (χ0n) is 13.9. The Bertz CT molecular complexity index is 671. The number of hydrogen-bond donors (Lipinski definition) is 2. The number of hydrogen-bond acceptors (Lipinski definition) is 4. The first-order valence-electron chi connectivity index (χ1n) is 8.41. The fourth-order valence-corrected chi connectivity index (χ4v) is 3.32. The average Bonchev–Trinajstić information content (AvgIpc) is 3.23. The molecular weight excluding hydrogens is 304 g/mol. The van der Waals surface area contributed by atoms with Crippen molar-refractivity contribution in [2.45, 2.75) is 32.0 Å². The van der Waals surface area contributed by atoms with Gasteiger partial charge in [-0.05, 0) is 25.0 Å². The van der Waals surface area contributed by atoms with Crippen LogP contribution in [0.3, 0.4) is 0 Å². The van der Waals surface area contributed by atoms with E-state index in [4.69, 9.17) is 10.5 Å². The van der Waals surface area contributed by atoms with Gasteiger partial charge in [-0.2, -0.15) is 5.10 Å². The molecule has 6 nitrogen and oxygen atoms in total. The molecule has 6 heteroatoms. The van der Waals surface area contributed by atoms with Crippen LogP contribution in [-0.2, 0) is 16.1 Å². The summed E-state index contributed by atoms with van der Waals surface area (Å²) in [6.07, 6.45) is 2.76. The van der Waals surface area contributed by atoms with E-state index in [1.54, 1.807) is 6.20 Å². The van der Waals surface area contributed by atoms with Crippen molar-refractivity contribution in [1.82, 2.24) is 15.1 Å². The molecule has 1 aromatic carbocycles. The minimum Gasteiger partial charge on any atom is -0.372 e. The normalized spacial score (nSPS) is 21.7. The Labute approximate surface area is 142 Å². The first-order valence-corrected chi connectivity index (χ1v) is 8.41. The van der Waals surface area contributed by atoms with Crippen molar-refractivity contribution >= 4 is 5.91 Å². The Morgan fingerprint density at radius 2 is 2.21 bits per heavy atom. The van der Waals surface area contributed by atoms with E-state index in [1.165, 1.54) is 0 Å². The third-order valence-electron chi connectivity index (χ3n) is 4.56. The lowest BCUT2D eigenvalue weighted by molar-refractivity contribution is -0.120. The fraction of sp³-hybridized carbons (Fsp3) is 0.444. The number of nitrogens with one attached hydrogen (secondary N) is 1. The standard InChI is InChI=1S/C18H24N4O2/c1-2-22-15(8-10-21-22)17-14(9-11-24-17)12-20-16(18(19)23)13-6-4-3-5-7-13/h3-8,10,14,16-17,20H,2,9,11-12H2,1H3,(H2,19,23)/t14-,16-,17+/m0/s1. The number of carbonyl (C=O) groups is 1. The van der Waals surface area contributed by atoms with Gasteiger partial charge in [-0.25, -0.2) is 0 Å². The van der Waals surface area contributed by atoms with E-state index in [0.29, 0.717) is 6.54 Å². The molecule has 0 spiro atoms. The maximum Gasteiger partial charge on any atom is 0.239 e. The second kappa shape index (κ2) is 7.59. The first-order chi connectivity index (χ1) is 11.7. The van der Waals surface area contributed by atoms with Crippen molar-refractivity contribution in [3.63, 3.8) is 0 Å². The van der Waals surface area contributed by atoms with E-state index < -0.39 is 6.04 Å². The van der Waals surface area contributed by atoms with Crippen molar-refractivity contribution in [1.29, 1.82) is 0 Å².